The molecule has 0 spiro atoms. The average molecular weight is 232 g/mol. The Bertz CT molecular complexity index is 360. The van der Waals surface area contributed by atoms with Crippen LogP contribution >= 0.6 is 0 Å². The highest BCUT2D eigenvalue weighted by atomic mass is 32.2. The summed E-state index contributed by atoms with van der Waals surface area (Å²) in [5.74, 6) is -0.0789. The Hall–Kier alpha value is -0.880. The molecule has 0 aromatic rings. The van der Waals surface area contributed by atoms with Crippen LogP contribution in [-0.4, -0.2) is 38.7 Å². The van der Waals surface area contributed by atoms with Crippen molar-refractivity contribution in [3.8, 4) is 0 Å². The minimum Gasteiger partial charge on any atom is -0.353 e. The van der Waals surface area contributed by atoms with Crippen molar-refractivity contribution in [3.05, 3.63) is 11.5 Å². The van der Waals surface area contributed by atoms with Crippen molar-refractivity contribution in [2.24, 2.45) is 0 Å². The van der Waals surface area contributed by atoms with Gasteiger partial charge in [0.05, 0.1) is 12.3 Å². The van der Waals surface area contributed by atoms with Gasteiger partial charge in [-0.1, -0.05) is 6.08 Å². The molecular formula is C9H16N2O3S. The molecule has 0 aliphatic carbocycles. The summed E-state index contributed by atoms with van der Waals surface area (Å²) in [7, 11) is -3.04. The highest BCUT2D eigenvalue weighted by Crippen LogP contribution is 2.07. The summed E-state index contributed by atoms with van der Waals surface area (Å²) in [6, 6.07) is -0.143. The lowest BCUT2D eigenvalue weighted by atomic mass is 10.3. The summed E-state index contributed by atoms with van der Waals surface area (Å²) in [6.07, 6.45) is 1.57. The largest absolute Gasteiger partial charge is 0.353 e. The van der Waals surface area contributed by atoms with E-state index in [1.807, 2.05) is 13.8 Å². The first kappa shape index (κ1) is 12.2. The number of rotatable bonds is 4. The van der Waals surface area contributed by atoms with E-state index in [2.05, 4.69) is 10.6 Å². The molecular weight excluding hydrogens is 216 g/mol. The van der Waals surface area contributed by atoms with Gasteiger partial charge in [0.2, 0.25) is 5.91 Å². The van der Waals surface area contributed by atoms with Gasteiger partial charge in [0.25, 0.3) is 0 Å². The van der Waals surface area contributed by atoms with Gasteiger partial charge in [-0.3, -0.25) is 4.79 Å². The number of sulfone groups is 1. The molecule has 0 fully saturated rings. The van der Waals surface area contributed by atoms with Crippen molar-refractivity contribution in [1.29, 1.82) is 0 Å². The molecule has 0 aromatic heterocycles. The van der Waals surface area contributed by atoms with Gasteiger partial charge in [0.1, 0.15) is 0 Å². The lowest BCUT2D eigenvalue weighted by molar-refractivity contribution is -0.120. The maximum atomic E-state index is 11.2. The molecule has 15 heavy (non-hydrogen) atoms. The summed E-state index contributed by atoms with van der Waals surface area (Å²) in [6.45, 7) is 3.89. The summed E-state index contributed by atoms with van der Waals surface area (Å²) in [5.41, 5.74) is 0. The lowest BCUT2D eigenvalue weighted by Gasteiger charge is -2.11. The van der Waals surface area contributed by atoms with Crippen LogP contribution in [0.1, 0.15) is 13.8 Å². The monoisotopic (exact) mass is 232 g/mol. The van der Waals surface area contributed by atoms with Crippen molar-refractivity contribution in [2.45, 2.75) is 25.9 Å². The molecule has 1 aliphatic heterocycles. The normalized spacial score (nSPS) is 23.3. The first-order chi connectivity index (χ1) is 6.89. The van der Waals surface area contributed by atoms with Crippen LogP contribution < -0.4 is 10.6 Å². The Labute approximate surface area is 89.8 Å². The number of hydrogen-bond donors (Lipinski definition) is 2. The van der Waals surface area contributed by atoms with Gasteiger partial charge in [0, 0.05) is 17.5 Å². The van der Waals surface area contributed by atoms with Crippen molar-refractivity contribution in [1.82, 2.24) is 10.6 Å². The summed E-state index contributed by atoms with van der Waals surface area (Å²) < 4.78 is 22.1. The minimum atomic E-state index is -3.04. The standard InChI is InChI=1S/C9H16N2O3S/c1-7(2)11-9(12)5-10-8-3-4-15(13,14)6-8/h3-4,7-8,10H,5-6H2,1-2H3,(H,11,12). The second-order valence-electron chi connectivity index (χ2n) is 3.87. The van der Waals surface area contributed by atoms with E-state index in [1.165, 1.54) is 5.41 Å². The summed E-state index contributed by atoms with van der Waals surface area (Å²) in [5, 5.41) is 6.76. The first-order valence-electron chi connectivity index (χ1n) is 4.83. The minimum absolute atomic E-state index is 0.0436. The molecule has 86 valence electrons. The van der Waals surface area contributed by atoms with Gasteiger partial charge in [-0.15, -0.1) is 0 Å². The second-order valence-corrected chi connectivity index (χ2v) is 5.80. The van der Waals surface area contributed by atoms with Gasteiger partial charge < -0.3 is 10.6 Å². The van der Waals surface area contributed by atoms with Crippen LogP contribution in [0.4, 0.5) is 0 Å². The van der Waals surface area contributed by atoms with Crippen LogP contribution in [0.25, 0.3) is 0 Å². The van der Waals surface area contributed by atoms with E-state index in [4.69, 9.17) is 0 Å². The topological polar surface area (TPSA) is 75.3 Å². The Morgan fingerprint density at radius 3 is 2.67 bits per heavy atom. The zero-order valence-electron chi connectivity index (χ0n) is 8.86. The Morgan fingerprint density at radius 2 is 2.20 bits per heavy atom. The third-order valence-corrected chi connectivity index (χ3v) is 3.30. The maximum absolute atomic E-state index is 11.2. The molecule has 1 heterocycles. The van der Waals surface area contributed by atoms with E-state index in [0.29, 0.717) is 0 Å². The third-order valence-electron chi connectivity index (χ3n) is 1.90. The highest BCUT2D eigenvalue weighted by molar-refractivity contribution is 7.94. The molecule has 0 saturated carbocycles. The van der Waals surface area contributed by atoms with Crippen LogP contribution in [0.15, 0.2) is 11.5 Å². The maximum Gasteiger partial charge on any atom is 0.234 e. The fourth-order valence-corrected chi connectivity index (χ4v) is 2.57. The van der Waals surface area contributed by atoms with Crippen LogP contribution in [0.2, 0.25) is 0 Å². The molecule has 1 rings (SSSR count). The average Bonchev–Trinajstić information content (AvgIpc) is 2.41. The molecule has 1 amide bonds. The molecule has 5 nitrogen and oxygen atoms in total. The van der Waals surface area contributed by atoms with Crippen LogP contribution in [0, 0.1) is 0 Å². The number of carbonyl (C=O) groups is 1. The van der Waals surface area contributed by atoms with Crippen LogP contribution in [0.5, 0.6) is 0 Å². The van der Waals surface area contributed by atoms with E-state index in [-0.39, 0.29) is 30.3 Å². The predicted octanol–water partition coefficient (Wildman–Crippen LogP) is -0.589. The van der Waals surface area contributed by atoms with Crippen molar-refractivity contribution < 1.29 is 13.2 Å². The lowest BCUT2D eigenvalue weighted by Crippen LogP contribution is -2.41. The molecule has 0 radical (unpaired) electrons. The number of amides is 1. The van der Waals surface area contributed by atoms with Crippen LogP contribution in [-0.2, 0) is 14.6 Å². The first-order valence-corrected chi connectivity index (χ1v) is 6.54. The summed E-state index contributed by atoms with van der Waals surface area (Å²) in [4.78, 5) is 11.2. The molecule has 1 unspecified atom stereocenters. The summed E-state index contributed by atoms with van der Waals surface area (Å²) >= 11 is 0. The molecule has 1 aliphatic rings. The molecule has 0 aromatic carbocycles. The molecule has 0 saturated heterocycles. The fourth-order valence-electron chi connectivity index (χ4n) is 1.30. The Morgan fingerprint density at radius 1 is 1.53 bits per heavy atom. The zero-order chi connectivity index (χ0) is 11.5. The van der Waals surface area contributed by atoms with Crippen molar-refractivity contribution in [3.63, 3.8) is 0 Å². The van der Waals surface area contributed by atoms with Gasteiger partial charge in [-0.25, -0.2) is 8.42 Å². The molecule has 2 N–H and O–H groups in total. The van der Waals surface area contributed by atoms with Crippen molar-refractivity contribution >= 4 is 15.7 Å². The zero-order valence-corrected chi connectivity index (χ0v) is 9.67. The SMILES string of the molecule is CC(C)NC(=O)CNC1C=CS(=O)(=O)C1. The number of carbonyl (C=O) groups excluding carboxylic acids is 1. The molecule has 0 bridgehead atoms. The van der Waals surface area contributed by atoms with Crippen molar-refractivity contribution in [2.75, 3.05) is 12.3 Å². The second kappa shape index (κ2) is 4.76. The van der Waals surface area contributed by atoms with E-state index >= 15 is 0 Å². The fraction of sp³-hybridized carbons (Fsp3) is 0.667. The van der Waals surface area contributed by atoms with Gasteiger partial charge in [-0.05, 0) is 13.8 Å². The number of nitrogens with one attached hydrogen (secondary N) is 2. The Kier molecular flexibility index (Phi) is 3.87. The van der Waals surface area contributed by atoms with Gasteiger partial charge in [0.15, 0.2) is 9.84 Å². The number of hydrogen-bond acceptors (Lipinski definition) is 4. The molecule has 1 atom stereocenters. The third kappa shape index (κ3) is 4.44. The van der Waals surface area contributed by atoms with E-state index in [1.54, 1.807) is 6.08 Å². The Balaban J connectivity index is 2.28. The van der Waals surface area contributed by atoms with E-state index in [0.717, 1.165) is 0 Å². The van der Waals surface area contributed by atoms with Gasteiger partial charge in [-0.2, -0.15) is 0 Å². The van der Waals surface area contributed by atoms with Crippen LogP contribution in [0.3, 0.4) is 0 Å². The highest BCUT2D eigenvalue weighted by Gasteiger charge is 2.21. The van der Waals surface area contributed by atoms with E-state index in [9.17, 15) is 13.2 Å². The van der Waals surface area contributed by atoms with E-state index < -0.39 is 9.84 Å². The molecule has 6 heteroatoms. The smallest absolute Gasteiger partial charge is 0.234 e. The van der Waals surface area contributed by atoms with Gasteiger partial charge >= 0.3 is 0 Å². The quantitative estimate of drug-likeness (QED) is 0.679. The predicted molar refractivity (Wildman–Crippen MR) is 58.0 cm³/mol.